The van der Waals surface area contributed by atoms with Crippen LogP contribution in [-0.2, 0) is 0 Å². The molecule has 6 heteroatoms. The molecule has 1 fully saturated rings. The molecule has 1 aliphatic rings. The molecule has 0 spiro atoms. The van der Waals surface area contributed by atoms with Gasteiger partial charge in [0, 0.05) is 50.5 Å². The topological polar surface area (TPSA) is 64.1 Å². The summed E-state index contributed by atoms with van der Waals surface area (Å²) in [6.07, 6.45) is 4.14. The summed E-state index contributed by atoms with van der Waals surface area (Å²) >= 11 is 0. The van der Waals surface area contributed by atoms with Crippen LogP contribution in [0.4, 0.5) is 10.5 Å². The predicted molar refractivity (Wildman–Crippen MR) is 104 cm³/mol. The molecule has 1 aliphatic heterocycles. The highest BCUT2D eigenvalue weighted by Crippen LogP contribution is 2.18. The number of unbranched alkanes of at least 4 members (excludes halogenated alkanes) is 2. The molecule has 2 amide bonds. The number of piperazine rings is 1. The minimum Gasteiger partial charge on any atom is -0.465 e. The average Bonchev–Trinajstić information content (AvgIpc) is 2.67. The molecule has 0 radical (unpaired) electrons. The first-order valence-corrected chi connectivity index (χ1v) is 9.30. The lowest BCUT2D eigenvalue weighted by Gasteiger charge is -2.34. The maximum Gasteiger partial charge on any atom is 0.407 e. The zero-order chi connectivity index (χ0) is 18.9. The van der Waals surface area contributed by atoms with E-state index >= 15 is 0 Å². The van der Waals surface area contributed by atoms with E-state index in [2.05, 4.69) is 18.4 Å². The Bertz CT molecular complexity index is 607. The highest BCUT2D eigenvalue weighted by molar-refractivity contribution is 5.94. The number of carbonyl (C=O) groups excluding carboxylic acids is 1. The Morgan fingerprint density at radius 3 is 2.35 bits per heavy atom. The number of nitrogens with zero attached hydrogens (tertiary/aromatic N) is 3. The van der Waals surface area contributed by atoms with Crippen molar-refractivity contribution in [1.82, 2.24) is 9.80 Å². The van der Waals surface area contributed by atoms with E-state index in [1.54, 1.807) is 6.08 Å². The van der Waals surface area contributed by atoms with Crippen LogP contribution in [0, 0.1) is 0 Å². The van der Waals surface area contributed by atoms with Gasteiger partial charge in [-0.3, -0.25) is 4.79 Å². The van der Waals surface area contributed by atoms with Crippen molar-refractivity contribution < 1.29 is 14.7 Å². The van der Waals surface area contributed by atoms with E-state index in [-0.39, 0.29) is 5.91 Å². The highest BCUT2D eigenvalue weighted by Gasteiger charge is 2.21. The summed E-state index contributed by atoms with van der Waals surface area (Å²) in [5.41, 5.74) is 1.70. The zero-order valence-corrected chi connectivity index (χ0v) is 15.6. The van der Waals surface area contributed by atoms with E-state index in [4.69, 9.17) is 5.11 Å². The van der Waals surface area contributed by atoms with Gasteiger partial charge in [-0.2, -0.15) is 0 Å². The van der Waals surface area contributed by atoms with Gasteiger partial charge in [-0.25, -0.2) is 4.79 Å². The fourth-order valence-electron chi connectivity index (χ4n) is 3.14. The standard InChI is InChI=1S/C20H29N3O3/c1-3-5-6-12-22(11-4-2)19(24)17-7-9-18(10-8-17)21-13-15-23(16-14-21)20(25)26/h4,7-10H,2-3,5-6,11-16H2,1H3,(H,25,26). The molecule has 1 aromatic rings. The Kier molecular flexibility index (Phi) is 7.51. The molecule has 0 aliphatic carbocycles. The zero-order valence-electron chi connectivity index (χ0n) is 15.6. The summed E-state index contributed by atoms with van der Waals surface area (Å²) in [5.74, 6) is 0.0308. The van der Waals surface area contributed by atoms with Gasteiger partial charge >= 0.3 is 6.09 Å². The lowest BCUT2D eigenvalue weighted by molar-refractivity contribution is 0.0771. The number of hydrogen-bond donors (Lipinski definition) is 1. The Labute approximate surface area is 155 Å². The van der Waals surface area contributed by atoms with Crippen LogP contribution in [0.2, 0.25) is 0 Å². The van der Waals surface area contributed by atoms with E-state index < -0.39 is 6.09 Å². The molecule has 142 valence electrons. The number of rotatable bonds is 8. The monoisotopic (exact) mass is 359 g/mol. The maximum absolute atomic E-state index is 12.7. The number of benzene rings is 1. The summed E-state index contributed by atoms with van der Waals surface area (Å²) in [6, 6.07) is 7.61. The molecule has 1 N–H and O–H groups in total. The van der Waals surface area contributed by atoms with Gasteiger partial charge < -0.3 is 19.8 Å². The average molecular weight is 359 g/mol. The first-order valence-electron chi connectivity index (χ1n) is 9.30. The molecular formula is C20H29N3O3. The molecule has 0 aromatic heterocycles. The lowest BCUT2D eigenvalue weighted by atomic mass is 10.1. The summed E-state index contributed by atoms with van der Waals surface area (Å²) in [5, 5.41) is 9.02. The molecule has 1 saturated heterocycles. The normalized spacial score (nSPS) is 14.2. The fourth-order valence-corrected chi connectivity index (χ4v) is 3.14. The second-order valence-corrected chi connectivity index (χ2v) is 6.55. The Morgan fingerprint density at radius 1 is 1.15 bits per heavy atom. The van der Waals surface area contributed by atoms with Crippen molar-refractivity contribution in [3.63, 3.8) is 0 Å². The Hall–Kier alpha value is -2.50. The van der Waals surface area contributed by atoms with Gasteiger partial charge in [0.05, 0.1) is 0 Å². The molecule has 0 bridgehead atoms. The number of anilines is 1. The van der Waals surface area contributed by atoms with Crippen LogP contribution in [0.1, 0.15) is 36.5 Å². The summed E-state index contributed by atoms with van der Waals surface area (Å²) in [7, 11) is 0. The third-order valence-corrected chi connectivity index (χ3v) is 4.70. The summed E-state index contributed by atoms with van der Waals surface area (Å²) < 4.78 is 0. The Balaban J connectivity index is 1.97. The SMILES string of the molecule is C=CCN(CCCCC)C(=O)c1ccc(N2CCN(C(=O)O)CC2)cc1. The minimum atomic E-state index is -0.865. The van der Waals surface area contributed by atoms with Crippen LogP contribution in [0.3, 0.4) is 0 Å². The highest BCUT2D eigenvalue weighted by atomic mass is 16.4. The van der Waals surface area contributed by atoms with Crippen molar-refractivity contribution in [2.75, 3.05) is 44.2 Å². The van der Waals surface area contributed by atoms with Gasteiger partial charge in [0.25, 0.3) is 5.91 Å². The van der Waals surface area contributed by atoms with Crippen molar-refractivity contribution in [1.29, 1.82) is 0 Å². The molecule has 0 atom stereocenters. The molecule has 0 saturated carbocycles. The van der Waals surface area contributed by atoms with Gasteiger partial charge in [0.1, 0.15) is 0 Å². The van der Waals surface area contributed by atoms with Gasteiger partial charge in [0.15, 0.2) is 0 Å². The first kappa shape index (κ1) is 19.8. The first-order chi connectivity index (χ1) is 12.6. The van der Waals surface area contributed by atoms with Crippen LogP contribution in [-0.4, -0.2) is 66.2 Å². The van der Waals surface area contributed by atoms with Gasteiger partial charge in [-0.15, -0.1) is 6.58 Å². The fraction of sp³-hybridized carbons (Fsp3) is 0.500. The second kappa shape index (κ2) is 9.85. The third kappa shape index (κ3) is 5.25. The number of carbonyl (C=O) groups is 2. The van der Waals surface area contributed by atoms with E-state index in [9.17, 15) is 9.59 Å². The largest absolute Gasteiger partial charge is 0.465 e. The molecule has 26 heavy (non-hydrogen) atoms. The predicted octanol–water partition coefficient (Wildman–Crippen LogP) is 3.31. The second-order valence-electron chi connectivity index (χ2n) is 6.55. The third-order valence-electron chi connectivity index (χ3n) is 4.70. The van der Waals surface area contributed by atoms with Crippen molar-refractivity contribution in [2.24, 2.45) is 0 Å². The summed E-state index contributed by atoms with van der Waals surface area (Å²) in [4.78, 5) is 29.1. The maximum atomic E-state index is 12.7. The van der Waals surface area contributed by atoms with Crippen LogP contribution in [0.25, 0.3) is 0 Å². The van der Waals surface area contributed by atoms with E-state index in [1.165, 1.54) is 4.90 Å². The van der Waals surface area contributed by atoms with E-state index in [1.807, 2.05) is 29.2 Å². The molecule has 2 rings (SSSR count). The van der Waals surface area contributed by atoms with E-state index in [0.717, 1.165) is 31.5 Å². The minimum absolute atomic E-state index is 0.0308. The molecular weight excluding hydrogens is 330 g/mol. The van der Waals surface area contributed by atoms with Gasteiger partial charge in [-0.05, 0) is 30.7 Å². The molecule has 1 aromatic carbocycles. The van der Waals surface area contributed by atoms with Crippen molar-refractivity contribution in [3.8, 4) is 0 Å². The van der Waals surface area contributed by atoms with E-state index in [0.29, 0.717) is 38.3 Å². The smallest absolute Gasteiger partial charge is 0.407 e. The quantitative estimate of drug-likeness (QED) is 0.571. The molecule has 0 unspecified atom stereocenters. The van der Waals surface area contributed by atoms with Crippen LogP contribution < -0.4 is 4.90 Å². The van der Waals surface area contributed by atoms with Crippen LogP contribution in [0.15, 0.2) is 36.9 Å². The molecule has 1 heterocycles. The van der Waals surface area contributed by atoms with Crippen molar-refractivity contribution >= 4 is 17.7 Å². The van der Waals surface area contributed by atoms with Crippen molar-refractivity contribution in [3.05, 3.63) is 42.5 Å². The molecule has 6 nitrogen and oxygen atoms in total. The van der Waals surface area contributed by atoms with Crippen LogP contribution in [0.5, 0.6) is 0 Å². The number of hydrogen-bond acceptors (Lipinski definition) is 3. The number of amides is 2. The lowest BCUT2D eigenvalue weighted by Crippen LogP contribution is -2.48. The number of carboxylic acid groups (broad SMARTS) is 1. The Morgan fingerprint density at radius 2 is 1.81 bits per heavy atom. The van der Waals surface area contributed by atoms with Crippen LogP contribution >= 0.6 is 0 Å². The van der Waals surface area contributed by atoms with Gasteiger partial charge in [0.2, 0.25) is 0 Å². The van der Waals surface area contributed by atoms with Crippen molar-refractivity contribution in [2.45, 2.75) is 26.2 Å². The summed E-state index contributed by atoms with van der Waals surface area (Å²) in [6.45, 7) is 9.54. The van der Waals surface area contributed by atoms with Gasteiger partial charge in [-0.1, -0.05) is 25.8 Å².